The van der Waals surface area contributed by atoms with E-state index in [2.05, 4.69) is 67.5 Å². The maximum atomic E-state index is 7.26. The summed E-state index contributed by atoms with van der Waals surface area (Å²) in [6, 6.07) is 0. The van der Waals surface area contributed by atoms with Gasteiger partial charge in [0.1, 0.15) is 5.60 Å². The molecule has 2 bridgehead atoms. The second-order valence-corrected chi connectivity index (χ2v) is 15.6. The van der Waals surface area contributed by atoms with Crippen molar-refractivity contribution < 1.29 is 9.16 Å². The van der Waals surface area contributed by atoms with Crippen molar-refractivity contribution in [3.63, 3.8) is 0 Å². The van der Waals surface area contributed by atoms with Crippen molar-refractivity contribution in [3.8, 4) is 0 Å². The molecule has 0 amide bonds. The van der Waals surface area contributed by atoms with E-state index in [0.717, 1.165) is 6.42 Å². The zero-order valence-corrected chi connectivity index (χ0v) is 18.8. The molecule has 1 saturated heterocycles. The summed E-state index contributed by atoms with van der Waals surface area (Å²) in [4.78, 5) is 0. The second-order valence-electron chi connectivity index (χ2n) is 10.2. The molecular weight excluding hydrogens is 324 g/mol. The Balaban J connectivity index is 1.95. The molecule has 3 rings (SSSR count). The lowest BCUT2D eigenvalue weighted by atomic mass is 9.67. The van der Waals surface area contributed by atoms with Gasteiger partial charge in [0.05, 0.1) is 11.7 Å². The molecule has 2 heterocycles. The molecular formula is C22H40O2Si. The van der Waals surface area contributed by atoms with Gasteiger partial charge in [-0.1, -0.05) is 67.0 Å². The highest BCUT2D eigenvalue weighted by Gasteiger charge is 2.63. The smallest absolute Gasteiger partial charge is 0.200 e. The van der Waals surface area contributed by atoms with Gasteiger partial charge in [0.2, 0.25) is 8.32 Å². The Hall–Kier alpha value is -0.123. The summed E-state index contributed by atoms with van der Waals surface area (Å²) in [5.41, 5.74) is 1.66. The van der Waals surface area contributed by atoms with Crippen molar-refractivity contribution in [1.29, 1.82) is 0 Å². The third-order valence-corrected chi connectivity index (χ3v) is 14.0. The summed E-state index contributed by atoms with van der Waals surface area (Å²) in [7, 11) is -1.90. The summed E-state index contributed by atoms with van der Waals surface area (Å²) in [6.07, 6.45) is 10.1. The van der Waals surface area contributed by atoms with Crippen LogP contribution in [0, 0.1) is 11.8 Å². The molecule has 0 aromatic carbocycles. The zero-order valence-electron chi connectivity index (χ0n) is 17.8. The molecule has 2 nitrogen and oxygen atoms in total. The summed E-state index contributed by atoms with van der Waals surface area (Å²) in [5, 5.41) is 0. The molecule has 0 aromatic heterocycles. The molecule has 1 saturated carbocycles. The Kier molecular flexibility index (Phi) is 5.10. The average molecular weight is 365 g/mol. The van der Waals surface area contributed by atoms with Crippen LogP contribution >= 0.6 is 0 Å². The van der Waals surface area contributed by atoms with Crippen molar-refractivity contribution in [2.45, 2.75) is 115 Å². The van der Waals surface area contributed by atoms with Crippen molar-refractivity contribution in [3.05, 3.63) is 12.2 Å². The first kappa shape index (κ1) is 19.6. The predicted octanol–water partition coefficient (Wildman–Crippen LogP) is 6.47. The van der Waals surface area contributed by atoms with Crippen molar-refractivity contribution in [2.75, 3.05) is 0 Å². The van der Waals surface area contributed by atoms with E-state index < -0.39 is 8.32 Å². The van der Waals surface area contributed by atoms with Gasteiger partial charge >= 0.3 is 0 Å². The summed E-state index contributed by atoms with van der Waals surface area (Å²) >= 11 is 0. The first-order chi connectivity index (χ1) is 11.6. The molecule has 1 spiro atoms. The van der Waals surface area contributed by atoms with Gasteiger partial charge < -0.3 is 9.16 Å². The van der Waals surface area contributed by atoms with E-state index in [1.165, 1.54) is 19.3 Å². The van der Waals surface area contributed by atoms with Crippen LogP contribution in [0.15, 0.2) is 12.2 Å². The van der Waals surface area contributed by atoms with Crippen LogP contribution in [0.2, 0.25) is 16.6 Å². The van der Waals surface area contributed by atoms with Crippen LogP contribution in [-0.4, -0.2) is 25.6 Å². The lowest BCUT2D eigenvalue weighted by Crippen LogP contribution is -2.53. The highest BCUT2D eigenvalue weighted by Crippen LogP contribution is 2.58. The first-order valence-corrected chi connectivity index (χ1v) is 12.8. The third kappa shape index (κ3) is 2.80. The van der Waals surface area contributed by atoms with E-state index >= 15 is 0 Å². The number of ether oxygens (including phenoxy) is 1. The van der Waals surface area contributed by atoms with Gasteiger partial charge in [-0.3, -0.25) is 0 Å². The number of hydrogen-bond donors (Lipinski definition) is 0. The lowest BCUT2D eigenvalue weighted by Gasteiger charge is -2.48. The highest BCUT2D eigenvalue weighted by atomic mass is 28.4. The Morgan fingerprint density at radius 2 is 1.64 bits per heavy atom. The van der Waals surface area contributed by atoms with Gasteiger partial charge in [-0.25, -0.2) is 0 Å². The van der Waals surface area contributed by atoms with Gasteiger partial charge in [-0.05, 0) is 42.3 Å². The van der Waals surface area contributed by atoms with Crippen molar-refractivity contribution in [2.24, 2.45) is 11.8 Å². The fraction of sp³-hybridized carbons (Fsp3) is 0.909. The fourth-order valence-electron chi connectivity index (χ4n) is 6.56. The second kappa shape index (κ2) is 6.49. The van der Waals surface area contributed by atoms with Crippen LogP contribution in [0.3, 0.4) is 0 Å². The van der Waals surface area contributed by atoms with Crippen molar-refractivity contribution in [1.82, 2.24) is 0 Å². The van der Waals surface area contributed by atoms with E-state index in [0.29, 0.717) is 28.5 Å². The Morgan fingerprint density at radius 3 is 2.20 bits per heavy atom. The van der Waals surface area contributed by atoms with Crippen LogP contribution in [-0.2, 0) is 9.16 Å². The molecule has 2 aliphatic heterocycles. The lowest BCUT2D eigenvalue weighted by molar-refractivity contribution is -0.154. The first-order valence-electron chi connectivity index (χ1n) is 10.7. The molecule has 5 atom stereocenters. The number of hydrogen-bond acceptors (Lipinski definition) is 2. The van der Waals surface area contributed by atoms with E-state index in [1.807, 2.05) is 0 Å². The highest BCUT2D eigenvalue weighted by molar-refractivity contribution is 6.77. The quantitative estimate of drug-likeness (QED) is 0.411. The van der Waals surface area contributed by atoms with E-state index in [-0.39, 0.29) is 17.3 Å². The maximum absolute atomic E-state index is 7.26. The fourth-order valence-corrected chi connectivity index (χ4v) is 12.2. The molecule has 0 aromatic rings. The van der Waals surface area contributed by atoms with Gasteiger partial charge in [0.15, 0.2) is 0 Å². The molecule has 1 aliphatic carbocycles. The molecule has 0 N–H and O–H groups in total. The van der Waals surface area contributed by atoms with E-state index in [4.69, 9.17) is 9.16 Å². The predicted molar refractivity (Wildman–Crippen MR) is 108 cm³/mol. The summed E-state index contributed by atoms with van der Waals surface area (Å²) < 4.78 is 14.2. The van der Waals surface area contributed by atoms with Crippen LogP contribution in [0.5, 0.6) is 0 Å². The SMILES string of the molecule is CC(C)[Si](O[C@H]1C[C@@]23O[C@]1(C)C=C[C@H]2CCC[C@H]3C)(C(C)C)C(C)C. The maximum Gasteiger partial charge on any atom is 0.200 e. The minimum atomic E-state index is -1.90. The van der Waals surface area contributed by atoms with E-state index in [1.54, 1.807) is 0 Å². The van der Waals surface area contributed by atoms with Crippen LogP contribution in [0.25, 0.3) is 0 Å². The normalized spacial score (nSPS) is 41.0. The molecule has 25 heavy (non-hydrogen) atoms. The molecule has 144 valence electrons. The third-order valence-electron chi connectivity index (χ3n) is 7.88. The molecule has 0 unspecified atom stereocenters. The topological polar surface area (TPSA) is 18.5 Å². The Morgan fingerprint density at radius 1 is 1.04 bits per heavy atom. The van der Waals surface area contributed by atoms with Crippen molar-refractivity contribution >= 4 is 8.32 Å². The molecule has 0 radical (unpaired) electrons. The van der Waals surface area contributed by atoms with Gasteiger partial charge in [0.25, 0.3) is 0 Å². The number of rotatable bonds is 5. The van der Waals surface area contributed by atoms with Crippen LogP contribution in [0.4, 0.5) is 0 Å². The van der Waals surface area contributed by atoms with Gasteiger partial charge in [0, 0.05) is 12.3 Å². The zero-order chi connectivity index (χ0) is 18.6. The summed E-state index contributed by atoms with van der Waals surface area (Å²) in [5.74, 6) is 1.23. The molecule has 2 fully saturated rings. The average Bonchev–Trinajstić information content (AvgIpc) is 2.73. The minimum Gasteiger partial charge on any atom is -0.410 e. The Bertz CT molecular complexity index is 504. The minimum absolute atomic E-state index is 0.0253. The Labute approximate surface area is 156 Å². The monoisotopic (exact) mass is 364 g/mol. The largest absolute Gasteiger partial charge is 0.410 e. The standard InChI is InChI=1S/C22H40O2Si/c1-15(2)25(16(3)4,17(5)6)23-20-14-22-18(7)10-9-11-19(22)12-13-21(20,8)24-22/h12-13,15-20H,9-11,14H2,1-8H3/t18-,19-,20+,21-,22+/m1/s1. The van der Waals surface area contributed by atoms with Crippen LogP contribution in [0.1, 0.15) is 81.1 Å². The number of fused-ring (bicyclic) bond motifs is 1. The summed E-state index contributed by atoms with van der Waals surface area (Å²) in [6.45, 7) is 19.0. The molecule has 3 aliphatic rings. The van der Waals surface area contributed by atoms with Crippen LogP contribution < -0.4 is 0 Å². The van der Waals surface area contributed by atoms with Gasteiger partial charge in [-0.15, -0.1) is 0 Å². The molecule has 3 heteroatoms. The van der Waals surface area contributed by atoms with E-state index in [9.17, 15) is 0 Å². The van der Waals surface area contributed by atoms with Gasteiger partial charge in [-0.2, -0.15) is 0 Å².